The van der Waals surface area contributed by atoms with E-state index in [0.29, 0.717) is 12.0 Å². The molecule has 2 heterocycles. The van der Waals surface area contributed by atoms with E-state index in [4.69, 9.17) is 14.2 Å². The molecule has 4 rings (SSSR count). The van der Waals surface area contributed by atoms with Crippen molar-refractivity contribution in [3.63, 3.8) is 0 Å². The van der Waals surface area contributed by atoms with Crippen LogP contribution in [-0.2, 0) is 23.8 Å². The molecule has 6 heteroatoms. The van der Waals surface area contributed by atoms with Crippen LogP contribution < -0.4 is 0 Å². The second-order valence-corrected chi connectivity index (χ2v) is 7.64. The van der Waals surface area contributed by atoms with Gasteiger partial charge in [0.15, 0.2) is 0 Å². The van der Waals surface area contributed by atoms with Gasteiger partial charge in [0.05, 0.1) is 18.1 Å². The summed E-state index contributed by atoms with van der Waals surface area (Å²) in [7, 11) is 0. The van der Waals surface area contributed by atoms with Crippen molar-refractivity contribution in [3.05, 3.63) is 12.2 Å². The lowest BCUT2D eigenvalue weighted by molar-refractivity contribution is -0.166. The molecule has 0 aromatic heterocycles. The van der Waals surface area contributed by atoms with Crippen molar-refractivity contribution in [1.29, 1.82) is 0 Å². The Labute approximate surface area is 134 Å². The molecule has 0 spiro atoms. The molecule has 126 valence electrons. The lowest BCUT2D eigenvalue weighted by atomic mass is 9.67. The summed E-state index contributed by atoms with van der Waals surface area (Å²) in [4.78, 5) is 23.7. The van der Waals surface area contributed by atoms with Crippen LogP contribution >= 0.6 is 0 Å². The van der Waals surface area contributed by atoms with E-state index in [1.807, 2.05) is 6.92 Å². The first-order chi connectivity index (χ1) is 10.8. The zero-order valence-electron chi connectivity index (χ0n) is 13.5. The molecule has 0 amide bonds. The van der Waals surface area contributed by atoms with Crippen LogP contribution in [0.15, 0.2) is 12.2 Å². The van der Waals surface area contributed by atoms with Crippen molar-refractivity contribution in [3.8, 4) is 0 Å². The molecule has 2 saturated heterocycles. The fourth-order valence-corrected chi connectivity index (χ4v) is 5.45. The van der Waals surface area contributed by atoms with Crippen LogP contribution in [0.25, 0.3) is 0 Å². The SMILES string of the molecule is C=C1C(=O)OC2CC(C)C3C(O)C4OC4C3(C)C(OC(C)=O)C12. The Hall–Kier alpha value is -1.40. The molecule has 0 aromatic rings. The molecule has 0 bridgehead atoms. The molecule has 2 saturated carbocycles. The summed E-state index contributed by atoms with van der Waals surface area (Å²) in [5.74, 6) is -1.14. The van der Waals surface area contributed by atoms with Crippen molar-refractivity contribution < 1.29 is 28.9 Å². The van der Waals surface area contributed by atoms with Crippen LogP contribution in [0, 0.1) is 23.2 Å². The van der Waals surface area contributed by atoms with Gasteiger partial charge in [-0.15, -0.1) is 0 Å². The number of aliphatic hydroxyl groups is 1. The standard InChI is InChI=1S/C17H22O6/c1-6-5-9-10(7(2)16(20)22-9)14(21-8(3)18)17(4)11(6)12(19)13-15(17)23-13/h6,9-15,19H,2,5H2,1,3-4H3. The molecule has 9 atom stereocenters. The van der Waals surface area contributed by atoms with E-state index in [1.54, 1.807) is 0 Å². The van der Waals surface area contributed by atoms with Gasteiger partial charge in [-0.1, -0.05) is 20.4 Å². The maximum Gasteiger partial charge on any atom is 0.334 e. The summed E-state index contributed by atoms with van der Waals surface area (Å²) in [5.41, 5.74) is -0.195. The fourth-order valence-electron chi connectivity index (χ4n) is 5.45. The van der Waals surface area contributed by atoms with Gasteiger partial charge in [0.1, 0.15) is 18.3 Å². The smallest absolute Gasteiger partial charge is 0.334 e. The van der Waals surface area contributed by atoms with Gasteiger partial charge in [-0.25, -0.2) is 4.79 Å². The number of esters is 2. The quantitative estimate of drug-likeness (QED) is 0.437. The van der Waals surface area contributed by atoms with E-state index in [2.05, 4.69) is 13.5 Å². The maximum atomic E-state index is 12.0. The molecule has 2 aliphatic heterocycles. The van der Waals surface area contributed by atoms with E-state index in [9.17, 15) is 14.7 Å². The van der Waals surface area contributed by atoms with Crippen LogP contribution in [0.3, 0.4) is 0 Å². The highest BCUT2D eigenvalue weighted by Gasteiger charge is 2.75. The minimum absolute atomic E-state index is 0.0623. The van der Waals surface area contributed by atoms with Crippen LogP contribution in [-0.4, -0.2) is 47.6 Å². The molecular formula is C17H22O6. The number of aliphatic hydroxyl groups excluding tert-OH is 1. The average Bonchev–Trinajstić information content (AvgIpc) is 3.17. The molecule has 23 heavy (non-hydrogen) atoms. The minimum Gasteiger partial charge on any atom is -0.461 e. The maximum absolute atomic E-state index is 12.0. The highest BCUT2D eigenvalue weighted by molar-refractivity contribution is 5.91. The molecule has 6 nitrogen and oxygen atoms in total. The van der Waals surface area contributed by atoms with E-state index >= 15 is 0 Å². The first-order valence-electron chi connectivity index (χ1n) is 8.17. The Morgan fingerprint density at radius 2 is 2.17 bits per heavy atom. The molecule has 4 fully saturated rings. The predicted octanol–water partition coefficient (Wildman–Crippen LogP) is 0.820. The zero-order chi connectivity index (χ0) is 16.7. The predicted molar refractivity (Wildman–Crippen MR) is 78.1 cm³/mol. The molecule has 0 radical (unpaired) electrons. The monoisotopic (exact) mass is 322 g/mol. The molecular weight excluding hydrogens is 300 g/mol. The second-order valence-electron chi connectivity index (χ2n) is 7.64. The summed E-state index contributed by atoms with van der Waals surface area (Å²) >= 11 is 0. The third-order valence-electron chi connectivity index (χ3n) is 6.33. The number of fused-ring (bicyclic) bond motifs is 4. The number of carbonyl (C=O) groups is 2. The third kappa shape index (κ3) is 1.82. The lowest BCUT2D eigenvalue weighted by Gasteiger charge is -2.42. The normalized spacial score (nSPS) is 53.7. The number of hydrogen-bond acceptors (Lipinski definition) is 6. The molecule has 4 aliphatic rings. The van der Waals surface area contributed by atoms with Crippen LogP contribution in [0.2, 0.25) is 0 Å². The first-order valence-corrected chi connectivity index (χ1v) is 8.17. The Bertz CT molecular complexity index is 600. The summed E-state index contributed by atoms with van der Waals surface area (Å²) < 4.78 is 16.8. The van der Waals surface area contributed by atoms with E-state index in [-0.39, 0.29) is 36.1 Å². The van der Waals surface area contributed by atoms with E-state index in [0.717, 1.165) is 0 Å². The van der Waals surface area contributed by atoms with Crippen molar-refractivity contribution in [2.75, 3.05) is 0 Å². The van der Waals surface area contributed by atoms with Gasteiger partial charge in [-0.05, 0) is 12.3 Å². The molecule has 1 N–H and O–H groups in total. The van der Waals surface area contributed by atoms with Gasteiger partial charge in [-0.3, -0.25) is 4.79 Å². The van der Waals surface area contributed by atoms with Gasteiger partial charge >= 0.3 is 11.9 Å². The van der Waals surface area contributed by atoms with Crippen molar-refractivity contribution in [1.82, 2.24) is 0 Å². The van der Waals surface area contributed by atoms with E-state index < -0.39 is 29.6 Å². The third-order valence-corrected chi connectivity index (χ3v) is 6.33. The van der Waals surface area contributed by atoms with Crippen molar-refractivity contribution in [2.45, 2.75) is 57.7 Å². The molecule has 9 unspecified atom stereocenters. The molecule has 0 aromatic carbocycles. The lowest BCUT2D eigenvalue weighted by Crippen LogP contribution is -2.50. The van der Waals surface area contributed by atoms with E-state index in [1.165, 1.54) is 6.92 Å². The number of carbonyl (C=O) groups excluding carboxylic acids is 2. The van der Waals surface area contributed by atoms with Gasteiger partial charge in [0, 0.05) is 23.8 Å². The number of epoxide rings is 1. The van der Waals surface area contributed by atoms with Gasteiger partial charge in [-0.2, -0.15) is 0 Å². The molecule has 2 aliphatic carbocycles. The largest absolute Gasteiger partial charge is 0.461 e. The average molecular weight is 322 g/mol. The Kier molecular flexibility index (Phi) is 3.01. The Morgan fingerprint density at radius 1 is 1.48 bits per heavy atom. The highest BCUT2D eigenvalue weighted by Crippen LogP contribution is 2.64. The summed E-state index contributed by atoms with van der Waals surface area (Å²) in [6.45, 7) is 9.29. The first kappa shape index (κ1) is 15.1. The number of hydrogen-bond donors (Lipinski definition) is 1. The summed E-state index contributed by atoms with van der Waals surface area (Å²) in [6, 6.07) is 0. The number of ether oxygens (including phenoxy) is 3. The van der Waals surface area contributed by atoms with Crippen molar-refractivity contribution in [2.24, 2.45) is 23.2 Å². The fraction of sp³-hybridized carbons (Fsp3) is 0.765. The van der Waals surface area contributed by atoms with Gasteiger partial charge < -0.3 is 19.3 Å². The summed E-state index contributed by atoms with van der Waals surface area (Å²) in [6.07, 6.45) is -1.25. The highest BCUT2D eigenvalue weighted by atomic mass is 16.6. The number of rotatable bonds is 1. The van der Waals surface area contributed by atoms with Gasteiger partial charge in [0.2, 0.25) is 0 Å². The van der Waals surface area contributed by atoms with Crippen LogP contribution in [0.1, 0.15) is 27.2 Å². The Balaban J connectivity index is 1.83. The van der Waals surface area contributed by atoms with Crippen LogP contribution in [0.5, 0.6) is 0 Å². The minimum atomic E-state index is -0.583. The van der Waals surface area contributed by atoms with Crippen LogP contribution in [0.4, 0.5) is 0 Å². The topological polar surface area (TPSA) is 85.4 Å². The zero-order valence-corrected chi connectivity index (χ0v) is 13.5. The second kappa shape index (κ2) is 4.57. The van der Waals surface area contributed by atoms with Gasteiger partial charge in [0.25, 0.3) is 0 Å². The summed E-state index contributed by atoms with van der Waals surface area (Å²) in [5, 5.41) is 10.6. The van der Waals surface area contributed by atoms with Crippen molar-refractivity contribution >= 4 is 11.9 Å². The Morgan fingerprint density at radius 3 is 2.83 bits per heavy atom.